The zero-order chi connectivity index (χ0) is 29.3. The highest BCUT2D eigenvalue weighted by molar-refractivity contribution is 6.10. The summed E-state index contributed by atoms with van der Waals surface area (Å²) in [5, 5.41) is 17.0. The quantitative estimate of drug-likeness (QED) is 0.222. The number of rotatable bonds is 6. The molecule has 43 heavy (non-hydrogen) atoms. The third-order valence-electron chi connectivity index (χ3n) is 7.75. The van der Waals surface area contributed by atoms with Gasteiger partial charge in [-0.25, -0.2) is 4.98 Å². The first-order valence-electron chi connectivity index (χ1n) is 14.2. The lowest BCUT2D eigenvalue weighted by Crippen LogP contribution is -2.03. The normalized spacial score (nSPS) is 11.4. The number of para-hydroxylation sites is 3. The molecule has 0 saturated heterocycles. The smallest absolute Gasteiger partial charge is 0.149 e. The fraction of sp³-hybridized carbons (Fsp3) is 0.0526. The van der Waals surface area contributed by atoms with Crippen molar-refractivity contribution in [1.29, 1.82) is 5.26 Å². The van der Waals surface area contributed by atoms with Gasteiger partial charge in [0.1, 0.15) is 17.5 Å². The molecule has 0 fully saturated rings. The second kappa shape index (κ2) is 10.8. The third-order valence-corrected chi connectivity index (χ3v) is 7.75. The van der Waals surface area contributed by atoms with Crippen molar-refractivity contribution in [1.82, 2.24) is 14.5 Å². The lowest BCUT2D eigenvalue weighted by Gasteiger charge is -2.13. The summed E-state index contributed by atoms with van der Waals surface area (Å²) in [6.45, 7) is 0. The Morgan fingerprint density at radius 3 is 2.16 bits per heavy atom. The van der Waals surface area contributed by atoms with E-state index in [4.69, 9.17) is 4.98 Å². The van der Waals surface area contributed by atoms with Crippen LogP contribution in [0.15, 0.2) is 128 Å². The predicted octanol–water partition coefficient (Wildman–Crippen LogP) is 9.15. The van der Waals surface area contributed by atoms with Crippen LogP contribution in [0, 0.1) is 11.3 Å². The fourth-order valence-electron chi connectivity index (χ4n) is 5.73. The highest BCUT2D eigenvalue weighted by atomic mass is 15.0. The SMILES string of the molecule is CN(C)/C=C/c1c(C#N)c(Nc2ccc(-c3ccc4c(c3)c3ccccc3n4-c3ccccc3)cc2)nc2ccccc12. The molecular weight excluding hydrogens is 526 g/mol. The minimum Gasteiger partial charge on any atom is -0.383 e. The Hall–Kier alpha value is -5.86. The van der Waals surface area contributed by atoms with Crippen LogP contribution < -0.4 is 5.32 Å². The van der Waals surface area contributed by atoms with Crippen molar-refractivity contribution in [3.63, 3.8) is 0 Å². The van der Waals surface area contributed by atoms with Gasteiger partial charge in [0.15, 0.2) is 0 Å². The largest absolute Gasteiger partial charge is 0.383 e. The monoisotopic (exact) mass is 555 g/mol. The van der Waals surface area contributed by atoms with Crippen LogP contribution in [0.1, 0.15) is 11.1 Å². The van der Waals surface area contributed by atoms with E-state index >= 15 is 0 Å². The third kappa shape index (κ3) is 4.75. The van der Waals surface area contributed by atoms with E-state index in [0.717, 1.165) is 39.0 Å². The first kappa shape index (κ1) is 26.1. The molecule has 0 spiro atoms. The van der Waals surface area contributed by atoms with Gasteiger partial charge in [0.25, 0.3) is 0 Å². The minimum atomic E-state index is 0.515. The summed E-state index contributed by atoms with van der Waals surface area (Å²) < 4.78 is 2.33. The maximum Gasteiger partial charge on any atom is 0.149 e. The van der Waals surface area contributed by atoms with Gasteiger partial charge < -0.3 is 14.8 Å². The molecule has 0 bridgehead atoms. The van der Waals surface area contributed by atoms with Crippen LogP contribution in [0.2, 0.25) is 0 Å². The molecular formula is C38H29N5. The Morgan fingerprint density at radius 1 is 0.721 bits per heavy atom. The van der Waals surface area contributed by atoms with Gasteiger partial charge in [-0.2, -0.15) is 5.26 Å². The minimum absolute atomic E-state index is 0.515. The van der Waals surface area contributed by atoms with Gasteiger partial charge >= 0.3 is 0 Å². The van der Waals surface area contributed by atoms with Crippen molar-refractivity contribution < 1.29 is 0 Å². The number of pyridine rings is 1. The van der Waals surface area contributed by atoms with Gasteiger partial charge in [0.2, 0.25) is 0 Å². The first-order chi connectivity index (χ1) is 21.1. The topological polar surface area (TPSA) is 56.9 Å². The van der Waals surface area contributed by atoms with E-state index in [0.29, 0.717) is 11.4 Å². The highest BCUT2D eigenvalue weighted by Gasteiger charge is 2.15. The second-order valence-corrected chi connectivity index (χ2v) is 10.8. The molecule has 2 aromatic heterocycles. The van der Waals surface area contributed by atoms with Crippen LogP contribution in [0.4, 0.5) is 11.5 Å². The maximum absolute atomic E-state index is 10.2. The number of nitrogens with one attached hydrogen (secondary N) is 1. The van der Waals surface area contributed by atoms with Crippen LogP contribution in [0.3, 0.4) is 0 Å². The van der Waals surface area contributed by atoms with Crippen molar-refractivity contribution in [3.8, 4) is 22.9 Å². The van der Waals surface area contributed by atoms with Gasteiger partial charge in [-0.05, 0) is 71.9 Å². The number of hydrogen-bond acceptors (Lipinski definition) is 4. The van der Waals surface area contributed by atoms with Crippen molar-refractivity contribution in [2.75, 3.05) is 19.4 Å². The van der Waals surface area contributed by atoms with Crippen molar-refractivity contribution >= 4 is 50.3 Å². The molecule has 5 aromatic carbocycles. The van der Waals surface area contributed by atoms with Crippen LogP contribution >= 0.6 is 0 Å². The van der Waals surface area contributed by atoms with E-state index in [2.05, 4.69) is 94.8 Å². The molecule has 0 unspecified atom stereocenters. The Labute approximate surface area is 250 Å². The first-order valence-corrected chi connectivity index (χ1v) is 14.2. The van der Waals surface area contributed by atoms with Crippen molar-refractivity contribution in [3.05, 3.63) is 139 Å². The van der Waals surface area contributed by atoms with Crippen LogP contribution in [0.25, 0.3) is 55.6 Å². The van der Waals surface area contributed by atoms with Gasteiger partial charge in [0.05, 0.1) is 16.6 Å². The number of anilines is 2. The molecule has 7 aromatic rings. The van der Waals surface area contributed by atoms with Gasteiger partial charge in [-0.3, -0.25) is 0 Å². The molecule has 0 atom stereocenters. The van der Waals surface area contributed by atoms with E-state index in [1.807, 2.05) is 73.7 Å². The van der Waals surface area contributed by atoms with Crippen molar-refractivity contribution in [2.24, 2.45) is 0 Å². The van der Waals surface area contributed by atoms with E-state index in [1.165, 1.54) is 21.8 Å². The summed E-state index contributed by atoms with van der Waals surface area (Å²) in [5.41, 5.74) is 8.85. The van der Waals surface area contributed by atoms with Crippen LogP contribution in [0.5, 0.6) is 0 Å². The zero-order valence-electron chi connectivity index (χ0n) is 24.0. The zero-order valence-corrected chi connectivity index (χ0v) is 24.0. The average Bonchev–Trinajstić information content (AvgIpc) is 3.38. The number of benzene rings is 5. The van der Waals surface area contributed by atoms with E-state index < -0.39 is 0 Å². The molecule has 2 heterocycles. The fourth-order valence-corrected chi connectivity index (χ4v) is 5.73. The molecule has 1 N–H and O–H groups in total. The molecule has 0 aliphatic rings. The highest BCUT2D eigenvalue weighted by Crippen LogP contribution is 2.35. The molecule has 0 saturated carbocycles. The molecule has 7 rings (SSSR count). The number of nitriles is 1. The summed E-state index contributed by atoms with van der Waals surface area (Å²) in [4.78, 5) is 6.77. The lowest BCUT2D eigenvalue weighted by atomic mass is 10.0. The van der Waals surface area contributed by atoms with Gasteiger partial charge in [-0.15, -0.1) is 0 Å². The van der Waals surface area contributed by atoms with E-state index in [9.17, 15) is 5.26 Å². The van der Waals surface area contributed by atoms with Gasteiger partial charge in [0, 0.05) is 47.2 Å². The van der Waals surface area contributed by atoms with Crippen LogP contribution in [-0.2, 0) is 0 Å². The van der Waals surface area contributed by atoms with Crippen molar-refractivity contribution in [2.45, 2.75) is 0 Å². The molecule has 0 amide bonds. The van der Waals surface area contributed by atoms with Gasteiger partial charge in [-0.1, -0.05) is 72.8 Å². The summed E-state index contributed by atoms with van der Waals surface area (Å²) in [5.74, 6) is 0.544. The molecule has 0 aliphatic heterocycles. The molecule has 5 nitrogen and oxygen atoms in total. The Kier molecular flexibility index (Phi) is 6.58. The average molecular weight is 556 g/mol. The summed E-state index contributed by atoms with van der Waals surface area (Å²) in [6.07, 6.45) is 3.93. The van der Waals surface area contributed by atoms with E-state index in [-0.39, 0.29) is 0 Å². The lowest BCUT2D eigenvalue weighted by molar-refractivity contribution is 0.567. The number of fused-ring (bicyclic) bond motifs is 4. The Balaban J connectivity index is 1.26. The standard InChI is InChI=1S/C38H29N5/c1-42(2)23-22-30-31-12-6-8-14-35(31)41-38(34(30)25-39)40-28-19-16-26(17-20-28)27-18-21-37-33(24-27)32-13-7-9-15-36(32)43(37)29-10-4-3-5-11-29/h3-24H,1-2H3,(H,40,41)/b23-22+. The molecule has 0 aliphatic carbocycles. The summed E-state index contributed by atoms with van der Waals surface area (Å²) >= 11 is 0. The molecule has 0 radical (unpaired) electrons. The number of hydrogen-bond donors (Lipinski definition) is 1. The Bertz CT molecular complexity index is 2180. The predicted molar refractivity (Wildman–Crippen MR) is 179 cm³/mol. The Morgan fingerprint density at radius 2 is 1.40 bits per heavy atom. The molecule has 5 heteroatoms. The maximum atomic E-state index is 10.2. The number of nitrogens with zero attached hydrogens (tertiary/aromatic N) is 4. The van der Waals surface area contributed by atoms with E-state index in [1.54, 1.807) is 0 Å². The second-order valence-electron chi connectivity index (χ2n) is 10.8. The number of aromatic nitrogens is 2. The molecule has 206 valence electrons. The van der Waals surface area contributed by atoms with Crippen LogP contribution in [-0.4, -0.2) is 28.5 Å². The summed E-state index contributed by atoms with van der Waals surface area (Å²) in [6, 6.07) is 44.4. The summed E-state index contributed by atoms with van der Waals surface area (Å²) in [7, 11) is 3.93.